The lowest BCUT2D eigenvalue weighted by Crippen LogP contribution is -2.40. The lowest BCUT2D eigenvalue weighted by atomic mass is 9.89. The summed E-state index contributed by atoms with van der Waals surface area (Å²) in [6.07, 6.45) is -7.28. The molecule has 5 rings (SSSR count). The molecule has 0 amide bonds. The van der Waals surface area contributed by atoms with Gasteiger partial charge in [0.25, 0.3) is 0 Å². The van der Waals surface area contributed by atoms with Gasteiger partial charge in [0.2, 0.25) is 5.95 Å². The standard InChI is InChI=1S/C32H31Br2F6N5O2.2ClH/c1-44(2)29-25-5-3-4-6-26(25)42-30(43-29)41-23-11-13-24(14-12-23)45(17-19-7-9-21(33)15-27(19)46-31(35,36)37)18-20-8-10-22(34)16-28(20)47-32(38,39)40;;/h3-10,15-16,23-24H,11-14,17-18H2,1-2H3,(H,41,42,43);2*1H. The van der Waals surface area contributed by atoms with Crippen molar-refractivity contribution in [3.63, 3.8) is 0 Å². The van der Waals surface area contributed by atoms with Gasteiger partial charge < -0.3 is 19.7 Å². The number of nitrogens with zero attached hydrogens (tertiary/aromatic N) is 4. The highest BCUT2D eigenvalue weighted by atomic mass is 79.9. The Balaban J connectivity index is 0.00000325. The van der Waals surface area contributed by atoms with Gasteiger partial charge in [-0.2, -0.15) is 4.98 Å². The summed E-state index contributed by atoms with van der Waals surface area (Å²) in [7, 11) is 3.82. The van der Waals surface area contributed by atoms with E-state index < -0.39 is 12.7 Å². The van der Waals surface area contributed by atoms with Crippen LogP contribution in [0.5, 0.6) is 11.5 Å². The molecule has 0 saturated heterocycles. The molecule has 49 heavy (non-hydrogen) atoms. The number of nitrogens with one attached hydrogen (secondary N) is 1. The lowest BCUT2D eigenvalue weighted by Gasteiger charge is -2.38. The molecule has 0 aliphatic heterocycles. The Morgan fingerprint density at radius 2 is 1.27 bits per heavy atom. The van der Waals surface area contributed by atoms with E-state index in [4.69, 9.17) is 9.97 Å². The molecule has 0 radical (unpaired) electrons. The molecule has 268 valence electrons. The highest BCUT2D eigenvalue weighted by Gasteiger charge is 2.35. The SMILES string of the molecule is CN(C)c1nc(NC2CCC(N(Cc3ccc(Br)cc3OC(F)(F)F)Cc3ccc(Br)cc3OC(F)(F)F)CC2)nc2ccccc12.Cl.Cl. The summed E-state index contributed by atoms with van der Waals surface area (Å²) in [6, 6.07) is 16.2. The van der Waals surface area contributed by atoms with Crippen LogP contribution < -0.4 is 19.7 Å². The van der Waals surface area contributed by atoms with Crippen LogP contribution in [0.15, 0.2) is 69.6 Å². The minimum absolute atomic E-state index is 0. The molecule has 1 aromatic heterocycles. The van der Waals surface area contributed by atoms with Crippen molar-refractivity contribution in [1.82, 2.24) is 14.9 Å². The largest absolute Gasteiger partial charge is 0.573 e. The van der Waals surface area contributed by atoms with Gasteiger partial charge in [0.15, 0.2) is 0 Å². The maximum absolute atomic E-state index is 13.3. The first-order valence-electron chi connectivity index (χ1n) is 14.7. The van der Waals surface area contributed by atoms with Gasteiger partial charge in [0, 0.05) is 64.7 Å². The number of benzene rings is 3. The van der Waals surface area contributed by atoms with Crippen molar-refractivity contribution in [1.29, 1.82) is 0 Å². The third-order valence-corrected chi connectivity index (χ3v) is 8.80. The van der Waals surface area contributed by atoms with Crippen LogP contribution >= 0.6 is 56.7 Å². The Bertz CT molecular complexity index is 1640. The zero-order chi connectivity index (χ0) is 33.9. The predicted molar refractivity (Wildman–Crippen MR) is 189 cm³/mol. The summed E-state index contributed by atoms with van der Waals surface area (Å²) in [6.45, 7) is -0.0219. The minimum Gasteiger partial charge on any atom is -0.405 e. The highest BCUT2D eigenvalue weighted by molar-refractivity contribution is 9.10. The monoisotopic (exact) mass is 861 g/mol. The summed E-state index contributed by atoms with van der Waals surface area (Å²) in [5.41, 5.74) is 1.27. The fraction of sp³-hybridized carbons (Fsp3) is 0.375. The van der Waals surface area contributed by atoms with Crippen LogP contribution in [0.25, 0.3) is 10.9 Å². The molecule has 0 unspecified atom stereocenters. The molecule has 0 atom stereocenters. The molecule has 0 bridgehead atoms. The average Bonchev–Trinajstić information content (AvgIpc) is 2.97. The van der Waals surface area contributed by atoms with Crippen molar-refractivity contribution >= 4 is 79.3 Å². The molecule has 3 aromatic carbocycles. The fourth-order valence-corrected chi connectivity index (χ4v) is 6.42. The first-order chi connectivity index (χ1) is 22.1. The van der Waals surface area contributed by atoms with Gasteiger partial charge in [-0.25, -0.2) is 4.98 Å². The number of fused-ring (bicyclic) bond motifs is 1. The number of hydrogen-bond acceptors (Lipinski definition) is 7. The number of hydrogen-bond donors (Lipinski definition) is 1. The Labute approximate surface area is 308 Å². The first-order valence-corrected chi connectivity index (χ1v) is 16.2. The Morgan fingerprint density at radius 3 is 1.76 bits per heavy atom. The maximum atomic E-state index is 13.3. The van der Waals surface area contributed by atoms with E-state index >= 15 is 0 Å². The summed E-state index contributed by atoms with van der Waals surface area (Å²) in [5, 5.41) is 4.36. The third-order valence-electron chi connectivity index (χ3n) is 7.81. The van der Waals surface area contributed by atoms with Crippen LogP contribution in [0, 0.1) is 0 Å². The molecule has 1 aliphatic carbocycles. The zero-order valence-electron chi connectivity index (χ0n) is 26.1. The molecule has 0 spiro atoms. The molecule has 1 aliphatic rings. The van der Waals surface area contributed by atoms with Gasteiger partial charge in [-0.1, -0.05) is 56.1 Å². The summed E-state index contributed by atoms with van der Waals surface area (Å²) < 4.78 is 89.4. The summed E-state index contributed by atoms with van der Waals surface area (Å²) >= 11 is 6.39. The number of aromatic nitrogens is 2. The number of ether oxygens (including phenoxy) is 2. The number of rotatable bonds is 10. The van der Waals surface area contributed by atoms with E-state index in [2.05, 4.69) is 46.7 Å². The van der Waals surface area contributed by atoms with Crippen molar-refractivity contribution < 1.29 is 35.8 Å². The van der Waals surface area contributed by atoms with Crippen LogP contribution in [0.2, 0.25) is 0 Å². The molecule has 4 aromatic rings. The van der Waals surface area contributed by atoms with Gasteiger partial charge >= 0.3 is 12.7 Å². The quantitative estimate of drug-likeness (QED) is 0.159. The van der Waals surface area contributed by atoms with Crippen molar-refractivity contribution in [2.75, 3.05) is 24.3 Å². The van der Waals surface area contributed by atoms with Crippen molar-refractivity contribution in [2.24, 2.45) is 0 Å². The first kappa shape index (κ1) is 40.7. The van der Waals surface area contributed by atoms with Crippen molar-refractivity contribution in [3.05, 3.63) is 80.7 Å². The van der Waals surface area contributed by atoms with E-state index in [1.165, 1.54) is 24.3 Å². The highest BCUT2D eigenvalue weighted by Crippen LogP contribution is 2.36. The molecule has 7 nitrogen and oxygen atoms in total. The summed E-state index contributed by atoms with van der Waals surface area (Å²) in [4.78, 5) is 13.2. The van der Waals surface area contributed by atoms with Crippen LogP contribution in [-0.2, 0) is 13.1 Å². The number of para-hydroxylation sites is 1. The van der Waals surface area contributed by atoms with Crippen LogP contribution in [0.4, 0.5) is 38.1 Å². The molecule has 17 heteroatoms. The molecule has 1 N–H and O–H groups in total. The molecular formula is C32H33Br2Cl2F6N5O2. The maximum Gasteiger partial charge on any atom is 0.573 e. The number of anilines is 2. The molecule has 1 saturated carbocycles. The smallest absolute Gasteiger partial charge is 0.405 e. The van der Waals surface area contributed by atoms with Crippen LogP contribution in [0.3, 0.4) is 0 Å². The summed E-state index contributed by atoms with van der Waals surface area (Å²) in [5.74, 6) is 0.482. The van der Waals surface area contributed by atoms with Gasteiger partial charge in [-0.15, -0.1) is 51.2 Å². The minimum atomic E-state index is -4.93. The second-order valence-corrected chi connectivity index (χ2v) is 13.3. The van der Waals surface area contributed by atoms with E-state index in [-0.39, 0.29) is 72.6 Å². The Kier molecular flexibility index (Phi) is 14.1. The van der Waals surface area contributed by atoms with E-state index in [0.717, 1.165) is 16.7 Å². The van der Waals surface area contributed by atoms with Gasteiger partial charge in [-0.3, -0.25) is 4.90 Å². The number of alkyl halides is 6. The van der Waals surface area contributed by atoms with E-state index in [0.29, 0.717) is 40.6 Å². The Hall–Kier alpha value is -2.72. The third kappa shape index (κ3) is 11.4. The van der Waals surface area contributed by atoms with Crippen LogP contribution in [-0.4, -0.2) is 53.8 Å². The number of halogens is 10. The van der Waals surface area contributed by atoms with E-state index in [1.54, 1.807) is 12.1 Å². The second kappa shape index (κ2) is 17.0. The van der Waals surface area contributed by atoms with Crippen molar-refractivity contribution in [2.45, 2.75) is 63.6 Å². The van der Waals surface area contributed by atoms with Gasteiger partial charge in [0.05, 0.1) is 5.52 Å². The topological polar surface area (TPSA) is 62.8 Å². The molecule has 1 heterocycles. The molecule has 1 fully saturated rings. The lowest BCUT2D eigenvalue weighted by molar-refractivity contribution is -0.275. The van der Waals surface area contributed by atoms with E-state index in [1.807, 2.05) is 48.2 Å². The predicted octanol–water partition coefficient (Wildman–Crippen LogP) is 10.3. The zero-order valence-corrected chi connectivity index (χ0v) is 30.9. The Morgan fingerprint density at radius 1 is 0.755 bits per heavy atom. The normalized spacial score (nSPS) is 16.5. The van der Waals surface area contributed by atoms with Gasteiger partial charge in [-0.05, 0) is 62.1 Å². The second-order valence-electron chi connectivity index (χ2n) is 11.4. The van der Waals surface area contributed by atoms with E-state index in [9.17, 15) is 26.3 Å². The van der Waals surface area contributed by atoms with Crippen LogP contribution in [0.1, 0.15) is 36.8 Å². The fourth-order valence-electron chi connectivity index (χ4n) is 5.74. The van der Waals surface area contributed by atoms with Gasteiger partial charge in [0.1, 0.15) is 17.3 Å². The van der Waals surface area contributed by atoms with Crippen molar-refractivity contribution in [3.8, 4) is 11.5 Å². The average molecular weight is 864 g/mol. The molecular weight excluding hydrogens is 831 g/mol.